The maximum absolute atomic E-state index is 9.61. The van der Waals surface area contributed by atoms with Gasteiger partial charge >= 0.3 is 0 Å². The number of aromatic nitrogens is 2. The number of nitrogens with one attached hydrogen (secondary N) is 2. The minimum absolute atomic E-state index is 0.300. The molecule has 1 aromatic heterocycles. The lowest BCUT2D eigenvalue weighted by Gasteiger charge is -2.26. The van der Waals surface area contributed by atoms with E-state index in [9.17, 15) is 10.5 Å². The molecule has 2 atom stereocenters. The van der Waals surface area contributed by atoms with Crippen molar-refractivity contribution in [2.45, 2.75) is 26.7 Å². The number of rotatable bonds is 3. The molecule has 0 aliphatic carbocycles. The minimum Gasteiger partial charge on any atom is -0.368 e. The van der Waals surface area contributed by atoms with Gasteiger partial charge in [0.2, 0.25) is 0 Å². The third-order valence-corrected chi connectivity index (χ3v) is 4.38. The van der Waals surface area contributed by atoms with Gasteiger partial charge in [-0.3, -0.25) is 10.1 Å². The van der Waals surface area contributed by atoms with Crippen molar-refractivity contribution in [3.05, 3.63) is 35.0 Å². The second kappa shape index (κ2) is 6.17. The predicted octanol–water partition coefficient (Wildman–Crippen LogP) is 3.49. The molecule has 1 aliphatic heterocycles. The number of benzene rings is 1. The van der Waals surface area contributed by atoms with Crippen molar-refractivity contribution in [2.24, 2.45) is 10.9 Å². The van der Waals surface area contributed by atoms with Crippen molar-refractivity contribution in [3.8, 4) is 12.1 Å². The van der Waals surface area contributed by atoms with Crippen LogP contribution in [0.3, 0.4) is 0 Å². The number of nitrogens with zero attached hydrogens (tertiary/aromatic N) is 4. The van der Waals surface area contributed by atoms with Crippen LogP contribution in [-0.4, -0.2) is 22.5 Å². The van der Waals surface area contributed by atoms with Gasteiger partial charge in [0.05, 0.1) is 34.8 Å². The molecular weight excluding hydrogens is 300 g/mol. The highest BCUT2D eigenvalue weighted by atomic mass is 15.2. The molecule has 0 amide bonds. The van der Waals surface area contributed by atoms with E-state index in [-0.39, 0.29) is 5.92 Å². The van der Waals surface area contributed by atoms with Gasteiger partial charge < -0.3 is 5.32 Å². The number of hydrogen-bond acceptors (Lipinski definition) is 5. The van der Waals surface area contributed by atoms with Gasteiger partial charge in [-0.25, -0.2) is 0 Å². The van der Waals surface area contributed by atoms with E-state index in [1.54, 1.807) is 0 Å². The zero-order valence-electron chi connectivity index (χ0n) is 13.9. The molecular formula is C18H18N6. The molecule has 1 aromatic carbocycles. The number of aromatic amines is 1. The summed E-state index contributed by atoms with van der Waals surface area (Å²) < 4.78 is 0. The van der Waals surface area contributed by atoms with Gasteiger partial charge in [0.15, 0.2) is 5.82 Å². The molecule has 0 saturated carbocycles. The zero-order valence-corrected chi connectivity index (χ0v) is 13.9. The molecule has 24 heavy (non-hydrogen) atoms. The van der Waals surface area contributed by atoms with Gasteiger partial charge in [-0.1, -0.05) is 6.07 Å². The summed E-state index contributed by atoms with van der Waals surface area (Å²) in [5.74, 6) is 0.0461. The maximum Gasteiger partial charge on any atom is 0.155 e. The average molecular weight is 318 g/mol. The van der Waals surface area contributed by atoms with Crippen LogP contribution in [0.25, 0.3) is 10.9 Å². The van der Waals surface area contributed by atoms with Crippen molar-refractivity contribution in [1.29, 1.82) is 10.5 Å². The van der Waals surface area contributed by atoms with Crippen LogP contribution >= 0.6 is 0 Å². The van der Waals surface area contributed by atoms with Crippen LogP contribution in [0, 0.1) is 28.6 Å². The molecule has 2 N–H and O–H groups in total. The number of H-pyrrole nitrogens is 1. The third kappa shape index (κ3) is 2.43. The first kappa shape index (κ1) is 15.8. The Balaban J connectivity index is 2.17. The molecule has 0 radical (unpaired) electrons. The number of allylic oxidation sites excluding steroid dienone is 2. The van der Waals surface area contributed by atoms with Gasteiger partial charge in [0.1, 0.15) is 0 Å². The second-order valence-electron chi connectivity index (χ2n) is 5.86. The maximum atomic E-state index is 9.61. The smallest absolute Gasteiger partial charge is 0.155 e. The Bertz CT molecular complexity index is 935. The Hall–Kier alpha value is -3.12. The van der Waals surface area contributed by atoms with Crippen LogP contribution in [0.4, 0.5) is 5.82 Å². The number of anilines is 1. The van der Waals surface area contributed by atoms with Gasteiger partial charge in [-0.2, -0.15) is 15.6 Å². The van der Waals surface area contributed by atoms with E-state index in [0.717, 1.165) is 34.5 Å². The summed E-state index contributed by atoms with van der Waals surface area (Å²) in [4.78, 5) is 4.38. The molecule has 6 heteroatoms. The van der Waals surface area contributed by atoms with Crippen molar-refractivity contribution < 1.29 is 0 Å². The van der Waals surface area contributed by atoms with E-state index in [1.807, 2.05) is 39.0 Å². The highest BCUT2D eigenvalue weighted by Gasteiger charge is 2.34. The largest absolute Gasteiger partial charge is 0.368 e. The van der Waals surface area contributed by atoms with Crippen LogP contribution in [0.1, 0.15) is 32.3 Å². The standard InChI is InChI=1S/C18H18N6/c1-4-21-18-13-7-12(5-6-16(13)23-24-18)17-14(8-19)10(2)22-11(3)15(17)9-20/h5-7,14,17H,4H2,1-3H3,(H2,21,23,24). The van der Waals surface area contributed by atoms with Crippen molar-refractivity contribution >= 4 is 22.4 Å². The Morgan fingerprint density at radius 3 is 2.75 bits per heavy atom. The number of nitriles is 2. The third-order valence-electron chi connectivity index (χ3n) is 4.38. The summed E-state index contributed by atoms with van der Waals surface area (Å²) in [5, 5.41) is 30.6. The molecule has 2 heterocycles. The fourth-order valence-corrected chi connectivity index (χ4v) is 3.23. The van der Waals surface area contributed by atoms with E-state index in [1.165, 1.54) is 0 Å². The lowest BCUT2D eigenvalue weighted by molar-refractivity contribution is 0.704. The first-order valence-corrected chi connectivity index (χ1v) is 7.88. The quantitative estimate of drug-likeness (QED) is 0.904. The summed E-state index contributed by atoms with van der Waals surface area (Å²) in [6.45, 7) is 6.45. The van der Waals surface area contributed by atoms with E-state index < -0.39 is 5.92 Å². The number of hydrogen-bond donors (Lipinski definition) is 2. The Kier molecular flexibility index (Phi) is 4.05. The molecule has 2 unspecified atom stereocenters. The molecule has 0 bridgehead atoms. The van der Waals surface area contributed by atoms with E-state index >= 15 is 0 Å². The SMILES string of the molecule is CCNc1n[nH]c2ccc(C3C(C#N)=C(C)N=C(C)C3C#N)cc12. The van der Waals surface area contributed by atoms with E-state index in [0.29, 0.717) is 11.3 Å². The Morgan fingerprint density at radius 2 is 2.08 bits per heavy atom. The summed E-state index contributed by atoms with van der Waals surface area (Å²) >= 11 is 0. The van der Waals surface area contributed by atoms with Gasteiger partial charge in [-0.05, 0) is 38.5 Å². The van der Waals surface area contributed by atoms with Gasteiger partial charge in [0, 0.05) is 23.6 Å². The first-order chi connectivity index (χ1) is 11.6. The van der Waals surface area contributed by atoms with E-state index in [4.69, 9.17) is 0 Å². The lowest BCUT2D eigenvalue weighted by atomic mass is 9.76. The predicted molar refractivity (Wildman–Crippen MR) is 93.5 cm³/mol. The van der Waals surface area contributed by atoms with Crippen molar-refractivity contribution in [1.82, 2.24) is 10.2 Å². The molecule has 0 saturated heterocycles. The highest BCUT2D eigenvalue weighted by Crippen LogP contribution is 2.39. The number of fused-ring (bicyclic) bond motifs is 1. The topological polar surface area (TPSA) is 101 Å². The molecule has 120 valence electrons. The zero-order chi connectivity index (χ0) is 17.3. The molecule has 3 rings (SSSR count). The molecule has 2 aromatic rings. The Labute approximate surface area is 140 Å². The van der Waals surface area contributed by atoms with Crippen LogP contribution in [0.5, 0.6) is 0 Å². The average Bonchev–Trinajstić information content (AvgIpc) is 2.97. The monoisotopic (exact) mass is 318 g/mol. The molecule has 0 spiro atoms. The van der Waals surface area contributed by atoms with Crippen LogP contribution < -0.4 is 5.32 Å². The minimum atomic E-state index is -0.435. The van der Waals surface area contributed by atoms with Gasteiger partial charge in [-0.15, -0.1) is 0 Å². The van der Waals surface area contributed by atoms with Crippen LogP contribution in [0.2, 0.25) is 0 Å². The Morgan fingerprint density at radius 1 is 1.29 bits per heavy atom. The fourth-order valence-electron chi connectivity index (χ4n) is 3.23. The second-order valence-corrected chi connectivity index (χ2v) is 5.86. The molecule has 1 aliphatic rings. The summed E-state index contributed by atoms with van der Waals surface area (Å²) in [6.07, 6.45) is 0. The summed E-state index contributed by atoms with van der Waals surface area (Å²) in [7, 11) is 0. The van der Waals surface area contributed by atoms with Gasteiger partial charge in [0.25, 0.3) is 0 Å². The van der Waals surface area contributed by atoms with Crippen molar-refractivity contribution in [3.63, 3.8) is 0 Å². The van der Waals surface area contributed by atoms with Crippen LogP contribution in [-0.2, 0) is 0 Å². The van der Waals surface area contributed by atoms with Crippen LogP contribution in [0.15, 0.2) is 34.5 Å². The number of aliphatic imine (C=N–C) groups is 1. The highest BCUT2D eigenvalue weighted by molar-refractivity contribution is 5.93. The van der Waals surface area contributed by atoms with E-state index in [2.05, 4.69) is 32.6 Å². The first-order valence-electron chi connectivity index (χ1n) is 7.88. The molecule has 6 nitrogen and oxygen atoms in total. The summed E-state index contributed by atoms with van der Waals surface area (Å²) in [6, 6.07) is 10.5. The summed E-state index contributed by atoms with van der Waals surface area (Å²) in [5.41, 5.74) is 3.84. The fraction of sp³-hybridized carbons (Fsp3) is 0.333. The molecule has 0 fully saturated rings. The lowest BCUT2D eigenvalue weighted by Crippen LogP contribution is -2.24. The normalized spacial score (nSPS) is 20.5. The van der Waals surface area contributed by atoms with Crippen molar-refractivity contribution in [2.75, 3.05) is 11.9 Å².